The SMILES string of the molecule is CCCCC/C=C\C/C=C\C/C=C\C/C=C\CCCCCC(=O)OC[C@H](COP(=O)([O-])OCC[N+](C)(C)C)OC(=O)CCCCCCCCCCC/C=C\C/C=C\CCCCC. The zero-order valence-corrected chi connectivity index (χ0v) is 41.2. The summed E-state index contributed by atoms with van der Waals surface area (Å²) in [6.45, 7) is 4.13. The molecule has 0 aliphatic rings. The summed E-state index contributed by atoms with van der Waals surface area (Å²) in [5.41, 5.74) is 0. The lowest BCUT2D eigenvalue weighted by molar-refractivity contribution is -0.870. The molecule has 1 unspecified atom stereocenters. The molecule has 2 atom stereocenters. The van der Waals surface area contributed by atoms with E-state index >= 15 is 0 Å². The number of rotatable bonds is 44. The number of hydrogen-bond donors (Lipinski definition) is 0. The third-order valence-electron chi connectivity index (χ3n) is 10.2. The number of nitrogens with zero attached hydrogens (tertiary/aromatic N) is 1. The highest BCUT2D eigenvalue weighted by Gasteiger charge is 2.21. The lowest BCUT2D eigenvalue weighted by Gasteiger charge is -2.28. The maximum Gasteiger partial charge on any atom is 0.306 e. The Labute approximate surface area is 380 Å². The maximum atomic E-state index is 12.7. The van der Waals surface area contributed by atoms with Crippen LogP contribution in [0.5, 0.6) is 0 Å². The maximum absolute atomic E-state index is 12.7. The molecular weight excluding hydrogens is 798 g/mol. The highest BCUT2D eigenvalue weighted by Crippen LogP contribution is 2.38. The molecule has 0 radical (unpaired) electrons. The summed E-state index contributed by atoms with van der Waals surface area (Å²) in [5, 5.41) is 0. The standard InChI is InChI=1S/C52H92NO8P/c1-6-8-10-12-14-16-18-20-22-24-26-28-30-32-34-36-38-40-42-44-51(54)58-48-50(49-60-62(56,57)59-47-46-53(3,4)5)61-52(55)45-43-41-39-37-35-33-31-29-27-25-23-21-19-17-15-13-11-9-7-2/h14-17,20-23,26,28,32,34,50H,6-13,18-19,24-25,27,29-31,33,35-49H2,1-5H3/b16-14-,17-15-,22-20-,23-21-,28-26-,34-32-/t50-/m1/s1. The molecule has 0 aromatic heterocycles. The highest BCUT2D eigenvalue weighted by molar-refractivity contribution is 7.45. The van der Waals surface area contributed by atoms with Gasteiger partial charge in [-0.2, -0.15) is 0 Å². The predicted molar refractivity (Wildman–Crippen MR) is 259 cm³/mol. The van der Waals surface area contributed by atoms with Crippen LogP contribution in [-0.2, 0) is 32.7 Å². The summed E-state index contributed by atoms with van der Waals surface area (Å²) < 4.78 is 34.0. The lowest BCUT2D eigenvalue weighted by Crippen LogP contribution is -2.37. The van der Waals surface area contributed by atoms with Crippen molar-refractivity contribution in [3.8, 4) is 0 Å². The monoisotopic (exact) mass is 890 g/mol. The summed E-state index contributed by atoms with van der Waals surface area (Å²) >= 11 is 0. The first-order valence-corrected chi connectivity index (χ1v) is 26.1. The number of carbonyl (C=O) groups excluding carboxylic acids is 2. The molecule has 358 valence electrons. The Balaban J connectivity index is 4.37. The molecule has 0 spiro atoms. The zero-order valence-electron chi connectivity index (χ0n) is 40.3. The van der Waals surface area contributed by atoms with Gasteiger partial charge in [0.2, 0.25) is 0 Å². The Bertz CT molecular complexity index is 1280. The second kappa shape index (κ2) is 43.7. The molecule has 0 aliphatic carbocycles. The number of phosphoric ester groups is 1. The van der Waals surface area contributed by atoms with Crippen LogP contribution in [0.1, 0.15) is 194 Å². The lowest BCUT2D eigenvalue weighted by atomic mass is 10.1. The van der Waals surface area contributed by atoms with E-state index in [1.54, 1.807) is 0 Å². The minimum Gasteiger partial charge on any atom is -0.756 e. The van der Waals surface area contributed by atoms with Gasteiger partial charge in [-0.15, -0.1) is 0 Å². The van der Waals surface area contributed by atoms with Gasteiger partial charge in [0.05, 0.1) is 27.7 Å². The minimum atomic E-state index is -4.64. The molecule has 62 heavy (non-hydrogen) atoms. The van der Waals surface area contributed by atoms with E-state index in [2.05, 4.69) is 86.8 Å². The molecule has 10 heteroatoms. The number of esters is 2. The molecule has 0 saturated heterocycles. The van der Waals surface area contributed by atoms with Crippen LogP contribution in [0.2, 0.25) is 0 Å². The van der Waals surface area contributed by atoms with Gasteiger partial charge < -0.3 is 27.9 Å². The number of carbonyl (C=O) groups is 2. The van der Waals surface area contributed by atoms with Crippen molar-refractivity contribution in [1.82, 2.24) is 0 Å². The van der Waals surface area contributed by atoms with Crippen LogP contribution in [-0.4, -0.2) is 70.0 Å². The van der Waals surface area contributed by atoms with Gasteiger partial charge in [-0.25, -0.2) is 0 Å². The Kier molecular flexibility index (Phi) is 41.9. The number of hydrogen-bond acceptors (Lipinski definition) is 8. The second-order valence-corrected chi connectivity index (χ2v) is 18.9. The van der Waals surface area contributed by atoms with Crippen LogP contribution >= 0.6 is 7.82 Å². The smallest absolute Gasteiger partial charge is 0.306 e. The topological polar surface area (TPSA) is 111 Å². The van der Waals surface area contributed by atoms with Crippen LogP contribution in [0.3, 0.4) is 0 Å². The van der Waals surface area contributed by atoms with Crippen molar-refractivity contribution in [2.75, 3.05) is 47.5 Å². The van der Waals surface area contributed by atoms with Gasteiger partial charge in [-0.05, 0) is 89.9 Å². The molecule has 0 bridgehead atoms. The molecule has 0 heterocycles. The minimum absolute atomic E-state index is 0.0404. The fourth-order valence-electron chi connectivity index (χ4n) is 6.31. The van der Waals surface area contributed by atoms with E-state index in [4.69, 9.17) is 18.5 Å². The van der Waals surface area contributed by atoms with Crippen molar-refractivity contribution in [1.29, 1.82) is 0 Å². The Morgan fingerprint density at radius 1 is 0.500 bits per heavy atom. The Hall–Kier alpha value is -2.55. The van der Waals surface area contributed by atoms with E-state index < -0.39 is 32.5 Å². The van der Waals surface area contributed by atoms with Crippen molar-refractivity contribution in [2.24, 2.45) is 0 Å². The van der Waals surface area contributed by atoms with Gasteiger partial charge in [-0.1, -0.05) is 164 Å². The Morgan fingerprint density at radius 2 is 0.871 bits per heavy atom. The first-order chi connectivity index (χ1) is 30.0. The molecule has 0 saturated carbocycles. The number of quaternary nitrogens is 1. The predicted octanol–water partition coefficient (Wildman–Crippen LogP) is 13.9. The third kappa shape index (κ3) is 46.9. The van der Waals surface area contributed by atoms with Gasteiger partial charge >= 0.3 is 11.9 Å². The van der Waals surface area contributed by atoms with Crippen LogP contribution in [0.15, 0.2) is 72.9 Å². The van der Waals surface area contributed by atoms with Crippen LogP contribution in [0, 0.1) is 0 Å². The number of unbranched alkanes of at least 4 members (excludes halogenated alkanes) is 18. The number of allylic oxidation sites excluding steroid dienone is 12. The van der Waals surface area contributed by atoms with Gasteiger partial charge in [0, 0.05) is 12.8 Å². The fourth-order valence-corrected chi connectivity index (χ4v) is 7.04. The van der Waals surface area contributed by atoms with Gasteiger partial charge in [0.25, 0.3) is 7.82 Å². The van der Waals surface area contributed by atoms with Gasteiger partial charge in [0.1, 0.15) is 19.8 Å². The van der Waals surface area contributed by atoms with Crippen LogP contribution in [0.25, 0.3) is 0 Å². The van der Waals surface area contributed by atoms with E-state index in [0.717, 1.165) is 70.6 Å². The molecule has 0 rings (SSSR count). The summed E-state index contributed by atoms with van der Waals surface area (Å²) in [6, 6.07) is 0. The van der Waals surface area contributed by atoms with Crippen molar-refractivity contribution in [2.45, 2.75) is 200 Å². The summed E-state index contributed by atoms with van der Waals surface area (Å²) in [7, 11) is 1.13. The normalized spacial score (nSPS) is 14.1. The van der Waals surface area contributed by atoms with E-state index in [1.807, 2.05) is 21.1 Å². The quantitative estimate of drug-likeness (QED) is 0.0195. The first-order valence-electron chi connectivity index (χ1n) is 24.6. The van der Waals surface area contributed by atoms with Gasteiger partial charge in [-0.3, -0.25) is 14.2 Å². The van der Waals surface area contributed by atoms with Gasteiger partial charge in [0.15, 0.2) is 6.10 Å². The molecule has 0 fully saturated rings. The van der Waals surface area contributed by atoms with Crippen molar-refractivity contribution in [3.63, 3.8) is 0 Å². The first kappa shape index (κ1) is 59.5. The number of phosphoric acid groups is 1. The molecule has 0 aromatic carbocycles. The summed E-state index contributed by atoms with van der Waals surface area (Å²) in [5.74, 6) is -0.878. The zero-order chi connectivity index (χ0) is 45.7. The van der Waals surface area contributed by atoms with E-state index in [-0.39, 0.29) is 26.1 Å². The summed E-state index contributed by atoms with van der Waals surface area (Å²) in [6.07, 6.45) is 54.9. The van der Waals surface area contributed by atoms with Crippen molar-refractivity contribution < 1.29 is 42.1 Å². The van der Waals surface area contributed by atoms with E-state index in [0.29, 0.717) is 23.9 Å². The molecule has 0 aliphatic heterocycles. The van der Waals surface area contributed by atoms with E-state index in [1.165, 1.54) is 83.5 Å². The summed E-state index contributed by atoms with van der Waals surface area (Å²) in [4.78, 5) is 37.7. The molecule has 9 nitrogen and oxygen atoms in total. The largest absolute Gasteiger partial charge is 0.756 e. The van der Waals surface area contributed by atoms with Crippen molar-refractivity contribution in [3.05, 3.63) is 72.9 Å². The number of likely N-dealkylation sites (N-methyl/N-ethyl adjacent to an activating group) is 1. The average Bonchev–Trinajstić information content (AvgIpc) is 3.23. The molecule has 0 amide bonds. The highest BCUT2D eigenvalue weighted by atomic mass is 31.2. The van der Waals surface area contributed by atoms with E-state index in [9.17, 15) is 19.0 Å². The number of ether oxygens (including phenoxy) is 2. The average molecular weight is 890 g/mol. The molecule has 0 N–H and O–H groups in total. The Morgan fingerprint density at radius 3 is 1.31 bits per heavy atom. The molecular formula is C52H92NO8P. The van der Waals surface area contributed by atoms with Crippen LogP contribution < -0.4 is 4.89 Å². The van der Waals surface area contributed by atoms with Crippen LogP contribution in [0.4, 0.5) is 0 Å². The fraction of sp³-hybridized carbons (Fsp3) is 0.731. The van der Waals surface area contributed by atoms with Crippen molar-refractivity contribution >= 4 is 19.8 Å². The third-order valence-corrected chi connectivity index (χ3v) is 11.2. The second-order valence-electron chi connectivity index (χ2n) is 17.5. The molecule has 0 aromatic rings.